The maximum atomic E-state index is 11.5. The zero-order valence-corrected chi connectivity index (χ0v) is 8.78. The third kappa shape index (κ3) is 2.45. The topological polar surface area (TPSA) is 55.8 Å². The number of hydrogen-bond donors (Lipinski definition) is 1. The second-order valence-corrected chi connectivity index (χ2v) is 3.75. The number of esters is 1. The standard InChI is InChI=1S/C10H18O4/c1-3-14-9(11)10(2,12)8-4-6-13-7-5-8/h8,12H,3-7H2,1-2H3. The van der Waals surface area contributed by atoms with Gasteiger partial charge >= 0.3 is 5.97 Å². The van der Waals surface area contributed by atoms with Gasteiger partial charge in [-0.3, -0.25) is 0 Å². The monoisotopic (exact) mass is 202 g/mol. The van der Waals surface area contributed by atoms with Crippen molar-refractivity contribution in [2.75, 3.05) is 19.8 Å². The fourth-order valence-corrected chi connectivity index (χ4v) is 1.70. The minimum Gasteiger partial charge on any atom is -0.464 e. The lowest BCUT2D eigenvalue weighted by Gasteiger charge is -2.33. The predicted octanol–water partition coefficient (Wildman–Crippen LogP) is 0.727. The summed E-state index contributed by atoms with van der Waals surface area (Å²) in [5.41, 5.74) is -1.36. The highest BCUT2D eigenvalue weighted by Crippen LogP contribution is 2.28. The van der Waals surface area contributed by atoms with E-state index >= 15 is 0 Å². The van der Waals surface area contributed by atoms with Crippen LogP contribution in [0.2, 0.25) is 0 Å². The van der Waals surface area contributed by atoms with Gasteiger partial charge in [0.05, 0.1) is 6.61 Å². The van der Waals surface area contributed by atoms with Crippen molar-refractivity contribution in [3.8, 4) is 0 Å². The second-order valence-electron chi connectivity index (χ2n) is 3.75. The first-order valence-electron chi connectivity index (χ1n) is 5.06. The van der Waals surface area contributed by atoms with Gasteiger partial charge in [0.15, 0.2) is 5.60 Å². The Labute approximate surface area is 84.2 Å². The van der Waals surface area contributed by atoms with Crippen LogP contribution in [0, 0.1) is 5.92 Å². The Morgan fingerprint density at radius 3 is 2.64 bits per heavy atom. The lowest BCUT2D eigenvalue weighted by Crippen LogP contribution is -2.46. The van der Waals surface area contributed by atoms with Crippen LogP contribution in [0.1, 0.15) is 26.7 Å². The van der Waals surface area contributed by atoms with Crippen LogP contribution < -0.4 is 0 Å². The van der Waals surface area contributed by atoms with Crippen molar-refractivity contribution in [1.82, 2.24) is 0 Å². The zero-order chi connectivity index (χ0) is 10.6. The normalized spacial score (nSPS) is 22.8. The molecular weight excluding hydrogens is 184 g/mol. The first-order chi connectivity index (χ1) is 6.59. The smallest absolute Gasteiger partial charge is 0.338 e. The third-order valence-electron chi connectivity index (χ3n) is 2.70. The van der Waals surface area contributed by atoms with Crippen molar-refractivity contribution in [2.24, 2.45) is 5.92 Å². The Morgan fingerprint density at radius 2 is 2.14 bits per heavy atom. The van der Waals surface area contributed by atoms with E-state index in [-0.39, 0.29) is 5.92 Å². The molecule has 1 unspecified atom stereocenters. The van der Waals surface area contributed by atoms with Gasteiger partial charge in [-0.1, -0.05) is 0 Å². The van der Waals surface area contributed by atoms with Crippen molar-refractivity contribution >= 4 is 5.97 Å². The van der Waals surface area contributed by atoms with Crippen molar-refractivity contribution in [3.63, 3.8) is 0 Å². The third-order valence-corrected chi connectivity index (χ3v) is 2.70. The molecule has 1 fully saturated rings. The van der Waals surface area contributed by atoms with E-state index < -0.39 is 11.6 Å². The molecule has 1 heterocycles. The summed E-state index contributed by atoms with van der Waals surface area (Å²) >= 11 is 0. The van der Waals surface area contributed by atoms with Crippen LogP contribution >= 0.6 is 0 Å². The van der Waals surface area contributed by atoms with Crippen LogP contribution in [0.25, 0.3) is 0 Å². The number of aliphatic hydroxyl groups is 1. The summed E-state index contributed by atoms with van der Waals surface area (Å²) in [6, 6.07) is 0. The van der Waals surface area contributed by atoms with Crippen LogP contribution in [-0.2, 0) is 14.3 Å². The van der Waals surface area contributed by atoms with Gasteiger partial charge in [-0.25, -0.2) is 4.79 Å². The van der Waals surface area contributed by atoms with Crippen molar-refractivity contribution in [3.05, 3.63) is 0 Å². The van der Waals surface area contributed by atoms with Gasteiger partial charge in [0.2, 0.25) is 0 Å². The molecule has 0 saturated carbocycles. The number of ether oxygens (including phenoxy) is 2. The Bertz CT molecular complexity index is 194. The first kappa shape index (κ1) is 11.5. The Kier molecular flexibility index (Phi) is 3.89. The summed E-state index contributed by atoms with van der Waals surface area (Å²) in [4.78, 5) is 11.5. The lowest BCUT2D eigenvalue weighted by atomic mass is 9.83. The van der Waals surface area contributed by atoms with Crippen LogP contribution in [-0.4, -0.2) is 36.5 Å². The molecule has 82 valence electrons. The highest BCUT2D eigenvalue weighted by Gasteiger charge is 2.41. The van der Waals surface area contributed by atoms with E-state index in [9.17, 15) is 9.90 Å². The quantitative estimate of drug-likeness (QED) is 0.685. The summed E-state index contributed by atoms with van der Waals surface area (Å²) in [6.07, 6.45) is 1.43. The molecule has 0 aliphatic carbocycles. The Balaban J connectivity index is 2.57. The van der Waals surface area contributed by atoms with Crippen LogP contribution in [0.3, 0.4) is 0 Å². The van der Waals surface area contributed by atoms with E-state index in [4.69, 9.17) is 9.47 Å². The molecule has 1 aliphatic heterocycles. The van der Waals surface area contributed by atoms with Gasteiger partial charge in [-0.15, -0.1) is 0 Å². The average Bonchev–Trinajstić information content (AvgIpc) is 2.19. The Hall–Kier alpha value is -0.610. The molecular formula is C10H18O4. The summed E-state index contributed by atoms with van der Waals surface area (Å²) in [7, 11) is 0. The van der Waals surface area contributed by atoms with E-state index in [1.165, 1.54) is 6.92 Å². The fraction of sp³-hybridized carbons (Fsp3) is 0.900. The Morgan fingerprint density at radius 1 is 1.57 bits per heavy atom. The highest BCUT2D eigenvalue weighted by atomic mass is 16.5. The van der Waals surface area contributed by atoms with Crippen LogP contribution in [0.15, 0.2) is 0 Å². The van der Waals surface area contributed by atoms with Gasteiger partial charge in [-0.2, -0.15) is 0 Å². The van der Waals surface area contributed by atoms with Gasteiger partial charge in [0.25, 0.3) is 0 Å². The molecule has 0 amide bonds. The van der Waals surface area contributed by atoms with Gasteiger partial charge in [0.1, 0.15) is 0 Å². The van der Waals surface area contributed by atoms with Crippen molar-refractivity contribution in [2.45, 2.75) is 32.3 Å². The number of rotatable bonds is 3. The molecule has 1 atom stereocenters. The largest absolute Gasteiger partial charge is 0.464 e. The molecule has 1 N–H and O–H groups in total. The van der Waals surface area contributed by atoms with Gasteiger partial charge < -0.3 is 14.6 Å². The number of hydrogen-bond acceptors (Lipinski definition) is 4. The number of carbonyl (C=O) groups is 1. The van der Waals surface area contributed by atoms with Crippen molar-refractivity contribution < 1.29 is 19.4 Å². The summed E-state index contributed by atoms with van der Waals surface area (Å²) in [5.74, 6) is -0.567. The molecule has 0 radical (unpaired) electrons. The summed E-state index contributed by atoms with van der Waals surface area (Å²) in [5, 5.41) is 10.0. The fourth-order valence-electron chi connectivity index (χ4n) is 1.70. The zero-order valence-electron chi connectivity index (χ0n) is 8.78. The lowest BCUT2D eigenvalue weighted by molar-refractivity contribution is -0.172. The van der Waals surface area contributed by atoms with Crippen molar-refractivity contribution in [1.29, 1.82) is 0 Å². The molecule has 0 spiro atoms. The average molecular weight is 202 g/mol. The van der Waals surface area contributed by atoms with Gasteiger partial charge in [-0.05, 0) is 26.7 Å². The van der Waals surface area contributed by atoms with Crippen LogP contribution in [0.5, 0.6) is 0 Å². The van der Waals surface area contributed by atoms with E-state index in [2.05, 4.69) is 0 Å². The highest BCUT2D eigenvalue weighted by molar-refractivity contribution is 5.79. The maximum Gasteiger partial charge on any atom is 0.338 e. The summed E-state index contributed by atoms with van der Waals surface area (Å²) in [6.45, 7) is 4.79. The molecule has 4 heteroatoms. The van der Waals surface area contributed by atoms with E-state index in [1.54, 1.807) is 6.92 Å². The SMILES string of the molecule is CCOC(=O)C(C)(O)C1CCOCC1. The number of carbonyl (C=O) groups excluding carboxylic acids is 1. The molecule has 0 aromatic heterocycles. The molecule has 14 heavy (non-hydrogen) atoms. The molecule has 4 nitrogen and oxygen atoms in total. The maximum absolute atomic E-state index is 11.5. The molecule has 0 aromatic rings. The molecule has 0 aromatic carbocycles. The predicted molar refractivity (Wildman–Crippen MR) is 50.8 cm³/mol. The minimum absolute atomic E-state index is 0.0460. The summed E-state index contributed by atoms with van der Waals surface area (Å²) < 4.78 is 10.0. The van der Waals surface area contributed by atoms with E-state index in [1.807, 2.05) is 0 Å². The second kappa shape index (κ2) is 4.75. The molecule has 0 bridgehead atoms. The van der Waals surface area contributed by atoms with Gasteiger partial charge in [0, 0.05) is 19.1 Å². The van der Waals surface area contributed by atoms with E-state index in [0.717, 1.165) is 0 Å². The minimum atomic E-state index is -1.36. The molecule has 1 saturated heterocycles. The van der Waals surface area contributed by atoms with Crippen LogP contribution in [0.4, 0.5) is 0 Å². The first-order valence-corrected chi connectivity index (χ1v) is 5.06. The van der Waals surface area contributed by atoms with E-state index in [0.29, 0.717) is 32.7 Å². The molecule has 1 rings (SSSR count). The molecule has 1 aliphatic rings.